The van der Waals surface area contributed by atoms with Gasteiger partial charge in [0.2, 0.25) is 0 Å². The Morgan fingerprint density at radius 2 is 1.10 bits per heavy atom. The molecular formula is C40H48F6O6. The van der Waals surface area contributed by atoms with Gasteiger partial charge in [-0.15, -0.1) is 0 Å². The number of carbonyl (C=O) groups is 2. The maximum atomic E-state index is 14.6. The van der Waals surface area contributed by atoms with E-state index >= 15 is 0 Å². The Labute approximate surface area is 302 Å². The summed E-state index contributed by atoms with van der Waals surface area (Å²) in [5.74, 6) is -3.20. The molecule has 2 aromatic rings. The molecule has 0 N–H and O–H groups in total. The molecule has 0 amide bonds. The summed E-state index contributed by atoms with van der Waals surface area (Å²) in [7, 11) is 1.60. The van der Waals surface area contributed by atoms with Crippen LogP contribution in [0, 0.1) is 0 Å². The zero-order valence-corrected chi connectivity index (χ0v) is 30.6. The average molecular weight is 739 g/mol. The van der Waals surface area contributed by atoms with Gasteiger partial charge in [-0.2, -0.15) is 26.3 Å². The lowest BCUT2D eigenvalue weighted by atomic mass is 9.92. The molecule has 0 aliphatic heterocycles. The predicted octanol–water partition coefficient (Wildman–Crippen LogP) is 10.4. The third kappa shape index (κ3) is 11.4. The molecule has 52 heavy (non-hydrogen) atoms. The van der Waals surface area contributed by atoms with Crippen molar-refractivity contribution in [1.82, 2.24) is 0 Å². The molecule has 0 aromatic heterocycles. The van der Waals surface area contributed by atoms with Crippen LogP contribution < -0.4 is 0 Å². The Balaban J connectivity index is 2.21. The fourth-order valence-electron chi connectivity index (χ4n) is 5.53. The van der Waals surface area contributed by atoms with Crippen LogP contribution in [0.4, 0.5) is 26.3 Å². The van der Waals surface area contributed by atoms with Crippen LogP contribution in [0.15, 0.2) is 107 Å². The normalized spacial score (nSPS) is 16.0. The van der Waals surface area contributed by atoms with Gasteiger partial charge in [-0.25, -0.2) is 9.59 Å². The minimum atomic E-state index is -5.13. The first-order chi connectivity index (χ1) is 24.3. The third-order valence-corrected chi connectivity index (χ3v) is 8.37. The molecular weight excluding hydrogens is 690 g/mol. The Kier molecular flexibility index (Phi) is 16.6. The molecule has 0 spiro atoms. The molecule has 0 saturated carbocycles. The highest BCUT2D eigenvalue weighted by molar-refractivity contribution is 5.83. The summed E-state index contributed by atoms with van der Waals surface area (Å²) in [5, 5.41) is 0. The summed E-state index contributed by atoms with van der Waals surface area (Å²) in [6.45, 7) is 8.77. The fourth-order valence-corrected chi connectivity index (χ4v) is 5.53. The molecule has 3 atom stereocenters. The summed E-state index contributed by atoms with van der Waals surface area (Å²) in [6.07, 6.45) is -2.02. The molecule has 0 aliphatic rings. The van der Waals surface area contributed by atoms with Gasteiger partial charge in [0.05, 0.1) is 0 Å². The summed E-state index contributed by atoms with van der Waals surface area (Å²) < 4.78 is 106. The maximum Gasteiger partial charge on any atom is 0.432 e. The lowest BCUT2D eigenvalue weighted by molar-refractivity contribution is -0.277. The number of ether oxygens (including phenoxy) is 4. The van der Waals surface area contributed by atoms with Crippen LogP contribution in [0.3, 0.4) is 0 Å². The van der Waals surface area contributed by atoms with Crippen molar-refractivity contribution < 1.29 is 54.9 Å². The number of rotatable bonds is 18. The van der Waals surface area contributed by atoms with E-state index in [0.717, 1.165) is 55.2 Å². The quantitative estimate of drug-likeness (QED) is 0.0862. The van der Waals surface area contributed by atoms with Crippen LogP contribution in [-0.2, 0) is 39.7 Å². The first-order valence-electron chi connectivity index (χ1n) is 16.7. The number of esters is 2. The number of benzene rings is 2. The van der Waals surface area contributed by atoms with Gasteiger partial charge >= 0.3 is 24.3 Å². The fraction of sp³-hybridized carbons (Fsp3) is 0.450. The number of allylic oxidation sites excluding steroid dienone is 5. The van der Waals surface area contributed by atoms with E-state index in [1.54, 1.807) is 19.9 Å². The lowest BCUT2D eigenvalue weighted by Gasteiger charge is -2.33. The number of carbonyl (C=O) groups excluding carboxylic acids is 2. The van der Waals surface area contributed by atoms with Crippen molar-refractivity contribution in [3.63, 3.8) is 0 Å². The highest BCUT2D eigenvalue weighted by Gasteiger charge is 2.65. The van der Waals surface area contributed by atoms with E-state index in [-0.39, 0.29) is 6.42 Å². The molecule has 6 nitrogen and oxygen atoms in total. The minimum absolute atomic E-state index is 0.0918. The van der Waals surface area contributed by atoms with Crippen molar-refractivity contribution in [2.75, 3.05) is 20.8 Å². The van der Waals surface area contributed by atoms with Gasteiger partial charge in [-0.1, -0.05) is 95.1 Å². The van der Waals surface area contributed by atoms with E-state index in [4.69, 9.17) is 18.9 Å². The summed E-state index contributed by atoms with van der Waals surface area (Å²) in [5.41, 5.74) is -4.09. The maximum absolute atomic E-state index is 14.6. The first-order valence-corrected chi connectivity index (χ1v) is 16.7. The molecule has 2 rings (SSSR count). The number of alkyl halides is 6. The largest absolute Gasteiger partial charge is 0.459 e. The monoisotopic (exact) mass is 738 g/mol. The molecule has 286 valence electrons. The summed E-state index contributed by atoms with van der Waals surface area (Å²) in [4.78, 5) is 26.2. The number of halogens is 6. The van der Waals surface area contributed by atoms with E-state index in [9.17, 15) is 35.9 Å². The SMILES string of the molecule is COC(C(=O)OC/C=C(\C)CC/C=C(\C)C[C@@H](/C=C(\C)CCC=C(C)C)OC(=O)C(OC)(c1ccccc1)C(F)(F)F)(c1ccccc1)C(F)(F)F. The van der Waals surface area contributed by atoms with Gasteiger partial charge in [0.25, 0.3) is 11.2 Å². The molecule has 0 aliphatic carbocycles. The van der Waals surface area contributed by atoms with Crippen LogP contribution in [-0.4, -0.2) is 51.2 Å². The Morgan fingerprint density at radius 1 is 0.635 bits per heavy atom. The van der Waals surface area contributed by atoms with Gasteiger partial charge < -0.3 is 18.9 Å². The molecule has 2 unspecified atom stereocenters. The number of hydrogen-bond acceptors (Lipinski definition) is 6. The van der Waals surface area contributed by atoms with Crippen LogP contribution in [0.5, 0.6) is 0 Å². The van der Waals surface area contributed by atoms with Gasteiger partial charge in [0.15, 0.2) is 0 Å². The number of hydrogen-bond donors (Lipinski definition) is 0. The van der Waals surface area contributed by atoms with Crippen molar-refractivity contribution in [2.45, 2.75) is 96.4 Å². The predicted molar refractivity (Wildman–Crippen MR) is 187 cm³/mol. The zero-order valence-electron chi connectivity index (χ0n) is 30.6. The molecule has 0 saturated heterocycles. The van der Waals surface area contributed by atoms with E-state index in [0.29, 0.717) is 31.3 Å². The second-order valence-corrected chi connectivity index (χ2v) is 12.7. The summed E-state index contributed by atoms with van der Waals surface area (Å²) >= 11 is 0. The molecule has 2 aromatic carbocycles. The second-order valence-electron chi connectivity index (χ2n) is 12.7. The first kappa shape index (κ1) is 44.0. The Bertz CT molecular complexity index is 1570. The van der Waals surface area contributed by atoms with Crippen LogP contribution in [0.2, 0.25) is 0 Å². The van der Waals surface area contributed by atoms with Gasteiger partial charge in [0.1, 0.15) is 12.7 Å². The van der Waals surface area contributed by atoms with E-state index in [1.807, 2.05) is 32.9 Å². The van der Waals surface area contributed by atoms with Crippen LogP contribution in [0.25, 0.3) is 0 Å². The van der Waals surface area contributed by atoms with Gasteiger partial charge in [-0.05, 0) is 72.5 Å². The van der Waals surface area contributed by atoms with Crippen LogP contribution >= 0.6 is 0 Å². The molecule has 0 bridgehead atoms. The Hall–Kier alpha value is -4.16. The molecule has 0 fully saturated rings. The van der Waals surface area contributed by atoms with Crippen molar-refractivity contribution in [3.05, 3.63) is 118 Å². The summed E-state index contributed by atoms with van der Waals surface area (Å²) in [6, 6.07) is 13.1. The second kappa shape index (κ2) is 19.6. The number of methoxy groups -OCH3 is 2. The molecule has 0 radical (unpaired) electrons. The molecule has 0 heterocycles. The smallest absolute Gasteiger partial charge is 0.432 e. The zero-order chi connectivity index (χ0) is 39.2. The van der Waals surface area contributed by atoms with Crippen molar-refractivity contribution >= 4 is 11.9 Å². The highest BCUT2D eigenvalue weighted by Crippen LogP contribution is 2.44. The van der Waals surface area contributed by atoms with Crippen molar-refractivity contribution in [2.24, 2.45) is 0 Å². The molecule has 12 heteroatoms. The average Bonchev–Trinajstić information content (AvgIpc) is 3.05. The Morgan fingerprint density at radius 3 is 1.56 bits per heavy atom. The van der Waals surface area contributed by atoms with Crippen molar-refractivity contribution in [3.8, 4) is 0 Å². The van der Waals surface area contributed by atoms with Crippen molar-refractivity contribution in [1.29, 1.82) is 0 Å². The van der Waals surface area contributed by atoms with E-state index < -0.39 is 59.3 Å². The van der Waals surface area contributed by atoms with E-state index in [1.165, 1.54) is 42.5 Å². The lowest BCUT2D eigenvalue weighted by Crippen LogP contribution is -2.52. The van der Waals surface area contributed by atoms with E-state index in [2.05, 4.69) is 0 Å². The van der Waals surface area contributed by atoms with Gasteiger partial charge in [0, 0.05) is 31.8 Å². The van der Waals surface area contributed by atoms with Gasteiger partial charge in [-0.3, -0.25) is 0 Å². The third-order valence-electron chi connectivity index (χ3n) is 8.37. The topological polar surface area (TPSA) is 71.1 Å². The van der Waals surface area contributed by atoms with Crippen LogP contribution in [0.1, 0.15) is 77.8 Å². The highest BCUT2D eigenvalue weighted by atomic mass is 19.4. The minimum Gasteiger partial charge on any atom is -0.459 e. The standard InChI is InChI=1S/C40H48F6O6/c1-28(2)16-14-18-30(4)26-34(52-36(48)38(50-7,40(44,45)46)33-22-12-9-13-23-33)27-31(5)19-15-17-29(3)24-25-51-35(47)37(49-6,39(41,42)43)32-20-10-8-11-21-32/h8-13,16,19-24,26,34H,14-15,17-18,25,27H2,1-7H3/b29-24+,30-26+,31-19+/t34-,37?,38?/m1/s1.